The lowest BCUT2D eigenvalue weighted by atomic mass is 10.1. The van der Waals surface area contributed by atoms with Crippen molar-refractivity contribution in [1.29, 1.82) is 0 Å². The number of hydrogen-bond donors (Lipinski definition) is 0. The molecule has 8 aromatic carbocycles. The van der Waals surface area contributed by atoms with Gasteiger partial charge < -0.3 is 13.7 Å². The van der Waals surface area contributed by atoms with E-state index in [-0.39, 0.29) is 43.0 Å². The maximum Gasteiger partial charge on any atom is 0.460 e. The molecule has 0 heterocycles. The summed E-state index contributed by atoms with van der Waals surface area (Å²) in [6.45, 7) is 8.62. The van der Waals surface area contributed by atoms with E-state index in [0.717, 1.165) is 0 Å². The fourth-order valence-electron chi connectivity index (χ4n) is 7.88. The molecule has 9 nitrogen and oxygen atoms in total. The summed E-state index contributed by atoms with van der Waals surface area (Å²) < 4.78 is 409. The van der Waals surface area contributed by atoms with Crippen molar-refractivity contribution in [1.82, 2.24) is 0 Å². The molecule has 0 spiro atoms. The highest BCUT2D eigenvalue weighted by molar-refractivity contribution is 8.00. The summed E-state index contributed by atoms with van der Waals surface area (Å²) in [5, 5.41) is -21.3. The van der Waals surface area contributed by atoms with Crippen LogP contribution in [0.1, 0.15) is 22.3 Å². The maximum absolute atomic E-state index is 12.2. The first kappa shape index (κ1) is 92.3. The predicted molar refractivity (Wildman–Crippen MR) is 332 cm³/mol. The molecule has 0 atom stereocenters. The molecule has 44 heteroatoms. The van der Waals surface area contributed by atoms with Gasteiger partial charge in [0.15, 0.2) is 66.9 Å². The topological polar surface area (TPSA) is 172 Å². The van der Waals surface area contributed by atoms with Crippen molar-refractivity contribution in [3.63, 3.8) is 0 Å². The van der Waals surface area contributed by atoms with Crippen LogP contribution in [0.25, 0.3) is 0 Å². The molecule has 0 aliphatic rings. The highest BCUT2D eigenvalue weighted by Gasteiger charge is 2.86. The maximum atomic E-state index is 12.2. The number of rotatable bonds is 21. The molecule has 8 rings (SSSR count). The SMILES string of the molecule is Cc1ccc([S+](c2ccc(C)cc2)c2ccc(Sc3ccc([I+]c4ccc(Sc5ccc([S+](c6ccc(C)cc6)c6ccc(C)cc6)cc5)cc4)cc3)cc2)cc1.O=S(=O)([O-])C(F)(F)C(F)(F)C(F)(F)C(F)(F)F.O=S(=O)([O-])C(F)(F)C(F)(F)C(F)(F)C(F)(F)F.O=S(=O)([O-])C(F)(F)C(F)(F)C(F)(F)C(F)(F)F. The van der Waals surface area contributed by atoms with Crippen molar-refractivity contribution in [2.24, 2.45) is 0 Å². The van der Waals surface area contributed by atoms with Gasteiger partial charge in [-0.15, -0.1) is 0 Å². The van der Waals surface area contributed by atoms with Gasteiger partial charge in [0, 0.05) is 19.6 Å². The van der Waals surface area contributed by atoms with Crippen molar-refractivity contribution >= 4 is 75.7 Å². The number of benzene rings is 8. The van der Waals surface area contributed by atoms with E-state index in [1.54, 1.807) is 0 Å². The Morgan fingerprint density at radius 3 is 0.546 bits per heavy atom. The van der Waals surface area contributed by atoms with E-state index in [2.05, 4.69) is 222 Å². The largest absolute Gasteiger partial charge is 0.743 e. The molecule has 8 aromatic rings. The molecule has 0 aromatic heterocycles. The van der Waals surface area contributed by atoms with Gasteiger partial charge in [-0.05, 0) is 173 Å². The average Bonchev–Trinajstić information content (AvgIpc) is 0.739. The predicted octanol–water partition coefficient (Wildman–Crippen LogP) is 17.4. The van der Waals surface area contributed by atoms with Crippen LogP contribution in [-0.4, -0.2) is 109 Å². The van der Waals surface area contributed by atoms with Crippen LogP contribution < -0.4 is 21.2 Å². The van der Waals surface area contributed by atoms with Crippen LogP contribution >= 0.6 is 23.5 Å². The van der Waals surface area contributed by atoms with Crippen molar-refractivity contribution < 1.29 is 179 Å². The number of hydrogen-bond acceptors (Lipinski definition) is 11. The van der Waals surface area contributed by atoms with Gasteiger partial charge in [-0.25, -0.2) is 25.3 Å². The summed E-state index contributed by atoms with van der Waals surface area (Å²) in [6, 6.07) is 72.9. The van der Waals surface area contributed by atoms with Crippen LogP contribution in [0.15, 0.2) is 243 Å². The molecule has 0 N–H and O–H groups in total. The molecular weight excluding hydrogens is 1780 g/mol. The molecule has 0 aliphatic heterocycles. The average molecular weight is 1820 g/mol. The Balaban J connectivity index is 0.000000333. The molecule has 0 fully saturated rings. The molecule has 0 saturated heterocycles. The Bertz CT molecular complexity index is 4240. The zero-order valence-electron chi connectivity index (χ0n) is 53.6. The second kappa shape index (κ2) is 33.6. The molecule has 0 radical (unpaired) electrons. The zero-order valence-corrected chi connectivity index (χ0v) is 61.5. The van der Waals surface area contributed by atoms with E-state index in [9.17, 15) is 157 Å². The van der Waals surface area contributed by atoms with E-state index >= 15 is 0 Å². The molecular formula is C64H44F27IO9S7. The monoisotopic (exact) mass is 1820 g/mol. The third-order valence-corrected chi connectivity index (χ3v) is 25.6. The van der Waals surface area contributed by atoms with Crippen molar-refractivity contribution in [3.05, 3.63) is 224 Å². The van der Waals surface area contributed by atoms with Gasteiger partial charge in [0.05, 0.1) is 21.8 Å². The van der Waals surface area contributed by atoms with E-state index in [0.29, 0.717) is 0 Å². The fraction of sp³-hybridized carbons (Fsp3) is 0.250. The summed E-state index contributed by atoms with van der Waals surface area (Å²) in [6.07, 6.45) is -21.5. The van der Waals surface area contributed by atoms with Crippen LogP contribution in [0.5, 0.6) is 0 Å². The van der Waals surface area contributed by atoms with E-state index in [4.69, 9.17) is 0 Å². The third-order valence-electron chi connectivity index (χ3n) is 13.8. The minimum absolute atomic E-state index is 0.144. The normalized spacial score (nSPS) is 13.6. The highest BCUT2D eigenvalue weighted by Crippen LogP contribution is 2.57. The first-order chi connectivity index (χ1) is 48.8. The van der Waals surface area contributed by atoms with Gasteiger partial charge in [-0.2, -0.15) is 119 Å². The summed E-state index contributed by atoms with van der Waals surface area (Å²) in [4.78, 5) is 13.2. The molecule has 592 valence electrons. The molecule has 0 unspecified atom stereocenters. The quantitative estimate of drug-likeness (QED) is 0.0290. The molecule has 0 amide bonds. The third kappa shape index (κ3) is 20.5. The Morgan fingerprint density at radius 2 is 0.398 bits per heavy atom. The summed E-state index contributed by atoms with van der Waals surface area (Å²) in [5.74, 6) is -44.5. The highest BCUT2D eigenvalue weighted by atomic mass is 127. The number of aryl methyl sites for hydroxylation is 4. The van der Waals surface area contributed by atoms with Crippen LogP contribution in [0.3, 0.4) is 0 Å². The number of alkyl halides is 27. The van der Waals surface area contributed by atoms with Gasteiger partial charge in [0.1, 0.15) is 0 Å². The second-order valence-electron chi connectivity index (χ2n) is 21.9. The van der Waals surface area contributed by atoms with Crippen molar-refractivity contribution in [2.75, 3.05) is 0 Å². The van der Waals surface area contributed by atoms with Gasteiger partial charge in [0.25, 0.3) is 0 Å². The number of halogens is 28. The molecule has 0 bridgehead atoms. The first-order valence-corrected chi connectivity index (χ1v) is 38.9. The van der Waals surface area contributed by atoms with Gasteiger partial charge in [0.2, 0.25) is 0 Å². The lowest BCUT2D eigenvalue weighted by Gasteiger charge is -2.34. The Hall–Kier alpha value is -6.27. The Kier molecular flexibility index (Phi) is 28.7. The molecule has 108 heavy (non-hydrogen) atoms. The van der Waals surface area contributed by atoms with E-state index < -0.39 is 100 Å². The van der Waals surface area contributed by atoms with Gasteiger partial charge >= 0.3 is 91.0 Å². The minimum Gasteiger partial charge on any atom is -0.743 e. The van der Waals surface area contributed by atoms with Crippen LogP contribution in [-0.2, 0) is 52.1 Å². The second-order valence-corrected chi connectivity index (χ2v) is 35.5. The van der Waals surface area contributed by atoms with Crippen LogP contribution in [0.4, 0.5) is 119 Å². The van der Waals surface area contributed by atoms with Gasteiger partial charge in [-0.1, -0.05) is 94.3 Å². The minimum atomic E-state index is -7.43. The van der Waals surface area contributed by atoms with Crippen molar-refractivity contribution in [2.45, 2.75) is 146 Å². The zero-order chi connectivity index (χ0) is 82.6. The Morgan fingerprint density at radius 1 is 0.250 bits per heavy atom. The van der Waals surface area contributed by atoms with E-state index in [1.807, 2.05) is 23.5 Å². The molecule has 0 saturated carbocycles. The standard InChI is InChI=1S/C52H44IS4.3C4HF9O3S/c1-37-5-25-47(26-6-37)56(48-27-7-38(2)8-28-48)51-33-21-45(22-34-51)54-43-17-13-41(14-18-43)53-42-15-19-44(20-16-42)55-46-23-35-52(36-24-46)57(49-29-9-39(3)10-30-49)50-31-11-40(4)12-32-50;3*5-1(6,3(9,10)11)2(7,8)4(12,13)17(14,15)16/h5-36H,1-4H3;3*(H,14,15,16)/q+3;;;/p-3. The first-order valence-electron chi connectivity index (χ1n) is 28.5. The van der Waals surface area contributed by atoms with E-state index in [1.165, 1.54) is 78.3 Å². The summed E-state index contributed by atoms with van der Waals surface area (Å²) >= 11 is 3.41. The van der Waals surface area contributed by atoms with Crippen molar-refractivity contribution in [3.8, 4) is 0 Å². The van der Waals surface area contributed by atoms with Crippen LogP contribution in [0, 0.1) is 34.8 Å². The van der Waals surface area contributed by atoms with Crippen LogP contribution in [0.2, 0.25) is 0 Å². The molecule has 0 aliphatic carbocycles. The fourth-order valence-corrected chi connectivity index (χ4v) is 17.1. The lowest BCUT2D eigenvalue weighted by molar-refractivity contribution is -0.597. The summed E-state index contributed by atoms with van der Waals surface area (Å²) in [5.41, 5.74) is 5.16. The Labute approximate surface area is 620 Å². The van der Waals surface area contributed by atoms with Gasteiger partial charge in [-0.3, -0.25) is 0 Å². The smallest absolute Gasteiger partial charge is 0.460 e. The lowest BCUT2D eigenvalue weighted by Crippen LogP contribution is -3.61. The summed E-state index contributed by atoms with van der Waals surface area (Å²) in [7, 11) is -22.5.